The van der Waals surface area contributed by atoms with E-state index in [1.807, 2.05) is 0 Å². The van der Waals surface area contributed by atoms with Crippen molar-refractivity contribution in [2.45, 2.75) is 43.4 Å². The molecule has 1 aliphatic carbocycles. The summed E-state index contributed by atoms with van der Waals surface area (Å²) >= 11 is 6.51. The van der Waals surface area contributed by atoms with Crippen molar-refractivity contribution < 1.29 is 8.78 Å². The lowest BCUT2D eigenvalue weighted by Crippen LogP contribution is -2.09. The molecule has 1 unspecified atom stereocenters. The molecule has 1 aromatic rings. The Bertz CT molecular complexity index is 415. The third-order valence-electron chi connectivity index (χ3n) is 3.64. The fourth-order valence-electron chi connectivity index (χ4n) is 2.62. The molecule has 100 valence electrons. The van der Waals surface area contributed by atoms with Crippen LogP contribution in [0.2, 0.25) is 0 Å². The summed E-state index contributed by atoms with van der Waals surface area (Å²) in [5.74, 6) is -0.116. The molecule has 1 aliphatic rings. The van der Waals surface area contributed by atoms with Crippen LogP contribution >= 0.6 is 31.9 Å². The summed E-state index contributed by atoms with van der Waals surface area (Å²) in [6.07, 6.45) is 7.15. The van der Waals surface area contributed by atoms with Gasteiger partial charge in [-0.3, -0.25) is 0 Å². The summed E-state index contributed by atoms with van der Waals surface area (Å²) in [6, 6.07) is 2.50. The first-order valence-corrected chi connectivity index (χ1v) is 8.07. The van der Waals surface area contributed by atoms with Gasteiger partial charge in [-0.15, -0.1) is 0 Å². The molecule has 18 heavy (non-hydrogen) atoms. The molecule has 0 aliphatic heterocycles. The average molecular weight is 382 g/mol. The fourth-order valence-corrected chi connectivity index (χ4v) is 3.82. The molecule has 1 aromatic carbocycles. The van der Waals surface area contributed by atoms with Crippen LogP contribution in [0.4, 0.5) is 8.78 Å². The molecule has 0 spiro atoms. The predicted octanol–water partition coefficient (Wildman–Crippen LogP) is 6.13. The second-order valence-corrected chi connectivity index (χ2v) is 6.95. The third kappa shape index (κ3) is 3.53. The van der Waals surface area contributed by atoms with E-state index in [2.05, 4.69) is 31.9 Å². The maximum absolute atomic E-state index is 13.8. The molecular formula is C14H16Br2F2. The van der Waals surface area contributed by atoms with Crippen molar-refractivity contribution in [1.82, 2.24) is 0 Å². The van der Waals surface area contributed by atoms with E-state index >= 15 is 0 Å². The number of halogens is 4. The Balaban J connectivity index is 2.08. The first-order chi connectivity index (χ1) is 8.58. The van der Waals surface area contributed by atoms with Gasteiger partial charge in [0.1, 0.15) is 11.6 Å². The van der Waals surface area contributed by atoms with E-state index in [9.17, 15) is 8.78 Å². The van der Waals surface area contributed by atoms with Gasteiger partial charge in [0, 0.05) is 10.4 Å². The monoisotopic (exact) mass is 380 g/mol. The van der Waals surface area contributed by atoms with Gasteiger partial charge in [0.05, 0.1) is 4.47 Å². The Hall–Kier alpha value is 0.0400. The van der Waals surface area contributed by atoms with Gasteiger partial charge in [-0.2, -0.15) is 0 Å². The van der Waals surface area contributed by atoms with Gasteiger partial charge in [0.15, 0.2) is 0 Å². The van der Waals surface area contributed by atoms with E-state index in [-0.39, 0.29) is 15.1 Å². The van der Waals surface area contributed by atoms with Crippen LogP contribution in [0.25, 0.3) is 0 Å². The lowest BCUT2D eigenvalue weighted by molar-refractivity contribution is 0.337. The lowest BCUT2D eigenvalue weighted by Gasteiger charge is -2.24. The molecular weight excluding hydrogens is 366 g/mol. The van der Waals surface area contributed by atoms with Gasteiger partial charge in [-0.05, 0) is 40.4 Å². The predicted molar refractivity (Wildman–Crippen MR) is 76.9 cm³/mol. The molecule has 2 rings (SSSR count). The third-order valence-corrected chi connectivity index (χ3v) is 5.12. The normalized spacial score (nSPS) is 18.9. The largest absolute Gasteiger partial charge is 0.207 e. The summed E-state index contributed by atoms with van der Waals surface area (Å²) in [5.41, 5.74) is 0.432. The highest BCUT2D eigenvalue weighted by Crippen LogP contribution is 2.38. The van der Waals surface area contributed by atoms with Gasteiger partial charge >= 0.3 is 0 Å². The number of benzene rings is 1. The zero-order valence-corrected chi connectivity index (χ0v) is 13.2. The van der Waals surface area contributed by atoms with Crippen molar-refractivity contribution in [3.05, 3.63) is 33.8 Å². The number of alkyl halides is 1. The van der Waals surface area contributed by atoms with Gasteiger partial charge in [-0.25, -0.2) is 8.78 Å². The standard InChI is InChI=1S/C14H16Br2F2/c15-11(6-9-4-2-1-3-5-9)10-7-14(18)12(16)8-13(10)17/h7-9,11H,1-6H2. The van der Waals surface area contributed by atoms with Crippen LogP contribution in [0.15, 0.2) is 16.6 Å². The molecule has 0 N–H and O–H groups in total. The Morgan fingerprint density at radius 2 is 1.78 bits per heavy atom. The molecule has 0 nitrogen and oxygen atoms in total. The van der Waals surface area contributed by atoms with Crippen LogP contribution in [0.5, 0.6) is 0 Å². The Morgan fingerprint density at radius 1 is 1.11 bits per heavy atom. The van der Waals surface area contributed by atoms with Crippen LogP contribution in [-0.4, -0.2) is 0 Å². The van der Waals surface area contributed by atoms with Gasteiger partial charge in [0.2, 0.25) is 0 Å². The smallest absolute Gasteiger partial charge is 0.137 e. The second-order valence-electron chi connectivity index (χ2n) is 5.00. The van der Waals surface area contributed by atoms with Gasteiger partial charge in [-0.1, -0.05) is 48.0 Å². The maximum Gasteiger partial charge on any atom is 0.137 e. The van der Waals surface area contributed by atoms with Crippen LogP contribution in [-0.2, 0) is 0 Å². The minimum atomic E-state index is -0.403. The summed E-state index contributed by atoms with van der Waals surface area (Å²) < 4.78 is 27.5. The van der Waals surface area contributed by atoms with Crippen molar-refractivity contribution in [1.29, 1.82) is 0 Å². The molecule has 1 saturated carbocycles. The van der Waals surface area contributed by atoms with Gasteiger partial charge in [0.25, 0.3) is 0 Å². The second kappa shape index (κ2) is 6.47. The number of hydrogen-bond acceptors (Lipinski definition) is 0. The van der Waals surface area contributed by atoms with Crippen LogP contribution in [0.3, 0.4) is 0 Å². The minimum Gasteiger partial charge on any atom is -0.207 e. The highest BCUT2D eigenvalue weighted by molar-refractivity contribution is 9.10. The number of hydrogen-bond donors (Lipinski definition) is 0. The van der Waals surface area contributed by atoms with Crippen LogP contribution in [0, 0.1) is 17.6 Å². The van der Waals surface area contributed by atoms with E-state index in [1.165, 1.54) is 44.2 Å². The zero-order valence-electron chi connectivity index (χ0n) is 10.1. The first-order valence-electron chi connectivity index (χ1n) is 6.36. The van der Waals surface area contributed by atoms with Crippen LogP contribution in [0.1, 0.15) is 48.9 Å². The molecule has 0 radical (unpaired) electrons. The molecule has 0 amide bonds. The maximum atomic E-state index is 13.8. The van der Waals surface area contributed by atoms with E-state index in [0.29, 0.717) is 11.5 Å². The van der Waals surface area contributed by atoms with Gasteiger partial charge < -0.3 is 0 Å². The molecule has 0 aromatic heterocycles. The van der Waals surface area contributed by atoms with E-state index < -0.39 is 5.82 Å². The van der Waals surface area contributed by atoms with Crippen molar-refractivity contribution in [2.75, 3.05) is 0 Å². The lowest BCUT2D eigenvalue weighted by atomic mass is 9.85. The Labute approximate surface area is 123 Å². The summed E-state index contributed by atoms with van der Waals surface area (Å²) in [7, 11) is 0. The van der Waals surface area contributed by atoms with Crippen LogP contribution < -0.4 is 0 Å². The van der Waals surface area contributed by atoms with E-state index in [4.69, 9.17) is 0 Å². The first kappa shape index (κ1) is 14.4. The molecule has 0 saturated heterocycles. The summed E-state index contributed by atoms with van der Waals surface area (Å²) in [6.45, 7) is 0. The molecule has 0 heterocycles. The topological polar surface area (TPSA) is 0 Å². The molecule has 1 atom stereocenters. The minimum absolute atomic E-state index is 0.0943. The Morgan fingerprint density at radius 3 is 2.44 bits per heavy atom. The molecule has 1 fully saturated rings. The molecule has 0 bridgehead atoms. The Kier molecular flexibility index (Phi) is 5.19. The highest BCUT2D eigenvalue weighted by atomic mass is 79.9. The van der Waals surface area contributed by atoms with Crippen molar-refractivity contribution in [3.63, 3.8) is 0 Å². The number of rotatable bonds is 3. The van der Waals surface area contributed by atoms with Crippen molar-refractivity contribution in [2.24, 2.45) is 5.92 Å². The highest BCUT2D eigenvalue weighted by Gasteiger charge is 2.21. The average Bonchev–Trinajstić information content (AvgIpc) is 2.35. The van der Waals surface area contributed by atoms with E-state index in [1.54, 1.807) is 0 Å². The summed E-state index contributed by atoms with van der Waals surface area (Å²) in [4.78, 5) is -0.0943. The quantitative estimate of drug-likeness (QED) is 0.436. The summed E-state index contributed by atoms with van der Waals surface area (Å²) in [5, 5.41) is 0. The van der Waals surface area contributed by atoms with Crippen molar-refractivity contribution >= 4 is 31.9 Å². The zero-order chi connectivity index (χ0) is 13.1. The molecule has 4 heteroatoms. The van der Waals surface area contributed by atoms with E-state index in [0.717, 1.165) is 6.42 Å². The van der Waals surface area contributed by atoms with Crippen molar-refractivity contribution in [3.8, 4) is 0 Å². The fraction of sp³-hybridized carbons (Fsp3) is 0.571. The SMILES string of the molecule is Fc1cc(C(Br)CC2CCCCC2)c(F)cc1Br.